The molecule has 0 saturated heterocycles. The van der Waals surface area contributed by atoms with E-state index in [1.165, 1.54) is 10.9 Å². The molecule has 0 aliphatic heterocycles. The molecule has 0 spiro atoms. The molecule has 3 heteroatoms. The molecule has 4 aromatic rings. The predicted octanol–water partition coefficient (Wildman–Crippen LogP) is 4.78. The second kappa shape index (κ2) is 5.53. The highest BCUT2D eigenvalue weighted by molar-refractivity contribution is 6.17. The Morgan fingerprint density at radius 2 is 1.58 bits per heavy atom. The number of nitrogens with zero attached hydrogens (tertiary/aromatic N) is 1. The summed E-state index contributed by atoms with van der Waals surface area (Å²) in [5, 5.41) is 3.31. The molecule has 0 aliphatic carbocycles. The Balaban J connectivity index is 2.24. The van der Waals surface area contributed by atoms with Gasteiger partial charge in [0, 0.05) is 33.9 Å². The molecule has 3 nitrogen and oxygen atoms in total. The van der Waals surface area contributed by atoms with Crippen LogP contribution in [0.3, 0.4) is 0 Å². The summed E-state index contributed by atoms with van der Waals surface area (Å²) in [6, 6.07) is 18.2. The van der Waals surface area contributed by atoms with Crippen LogP contribution in [-0.4, -0.2) is 4.98 Å². The van der Waals surface area contributed by atoms with E-state index in [0.29, 0.717) is 0 Å². The normalized spacial score (nSPS) is 11.2. The summed E-state index contributed by atoms with van der Waals surface area (Å²) >= 11 is 0. The predicted molar refractivity (Wildman–Crippen MR) is 103 cm³/mol. The van der Waals surface area contributed by atoms with Gasteiger partial charge >= 0.3 is 0 Å². The van der Waals surface area contributed by atoms with Crippen molar-refractivity contribution < 1.29 is 0 Å². The minimum absolute atomic E-state index is 0.757. The van der Waals surface area contributed by atoms with E-state index in [-0.39, 0.29) is 0 Å². The summed E-state index contributed by atoms with van der Waals surface area (Å²) in [5.74, 6) is 0. The number of rotatable bonds is 2. The molecule has 0 unspecified atom stereocenters. The van der Waals surface area contributed by atoms with Gasteiger partial charge in [0.05, 0.1) is 5.52 Å². The molecule has 24 heavy (non-hydrogen) atoms. The second-order valence-corrected chi connectivity index (χ2v) is 6.00. The molecule has 0 atom stereocenters. The van der Waals surface area contributed by atoms with Crippen LogP contribution < -0.4 is 11.5 Å². The van der Waals surface area contributed by atoms with Gasteiger partial charge in [0.1, 0.15) is 0 Å². The second-order valence-electron chi connectivity index (χ2n) is 6.00. The van der Waals surface area contributed by atoms with Crippen molar-refractivity contribution in [1.29, 1.82) is 0 Å². The smallest absolute Gasteiger partial charge is 0.0714 e. The lowest BCUT2D eigenvalue weighted by Crippen LogP contribution is -1.96. The Bertz CT molecular complexity index is 1070. The van der Waals surface area contributed by atoms with Crippen molar-refractivity contribution in [3.8, 4) is 11.1 Å². The maximum Gasteiger partial charge on any atom is 0.0714 e. The largest absolute Gasteiger partial charge is 0.398 e. The van der Waals surface area contributed by atoms with Crippen molar-refractivity contribution in [3.63, 3.8) is 0 Å². The number of nitrogens with two attached hydrogens (primary N) is 2. The molecular formula is C21H19N3. The summed E-state index contributed by atoms with van der Waals surface area (Å²) in [7, 11) is 0. The molecule has 4 N–H and O–H groups in total. The van der Waals surface area contributed by atoms with Gasteiger partial charge in [0.25, 0.3) is 0 Å². The van der Waals surface area contributed by atoms with E-state index in [1.807, 2.05) is 42.6 Å². The Morgan fingerprint density at radius 3 is 2.38 bits per heavy atom. The van der Waals surface area contributed by atoms with Crippen LogP contribution >= 0.6 is 0 Å². The number of hydrogen-bond donors (Lipinski definition) is 2. The van der Waals surface area contributed by atoms with Gasteiger partial charge in [-0.1, -0.05) is 43.3 Å². The zero-order valence-corrected chi connectivity index (χ0v) is 13.6. The van der Waals surface area contributed by atoms with Crippen molar-refractivity contribution in [2.24, 2.45) is 0 Å². The van der Waals surface area contributed by atoms with Gasteiger partial charge in [-0.2, -0.15) is 0 Å². The average molecular weight is 313 g/mol. The third-order valence-corrected chi connectivity index (χ3v) is 4.62. The SMILES string of the molecule is CCc1ccc(N)c2cnc3cccc(-c4ccccc4N)c3c12. The first-order valence-corrected chi connectivity index (χ1v) is 8.14. The van der Waals surface area contributed by atoms with Crippen LogP contribution in [0.4, 0.5) is 11.4 Å². The number of aromatic nitrogens is 1. The van der Waals surface area contributed by atoms with Gasteiger partial charge in [-0.25, -0.2) is 0 Å². The van der Waals surface area contributed by atoms with E-state index in [4.69, 9.17) is 11.5 Å². The van der Waals surface area contributed by atoms with Crippen molar-refractivity contribution >= 4 is 33.1 Å². The highest BCUT2D eigenvalue weighted by Gasteiger charge is 2.14. The number of anilines is 2. The number of para-hydroxylation sites is 1. The first kappa shape index (κ1) is 14.5. The Kier molecular flexibility index (Phi) is 3.35. The van der Waals surface area contributed by atoms with Crippen LogP contribution in [0.25, 0.3) is 32.8 Å². The molecular weight excluding hydrogens is 294 g/mol. The molecule has 1 aromatic heterocycles. The molecule has 0 radical (unpaired) electrons. The van der Waals surface area contributed by atoms with Crippen LogP contribution in [0.2, 0.25) is 0 Å². The van der Waals surface area contributed by atoms with Gasteiger partial charge in [0.15, 0.2) is 0 Å². The molecule has 118 valence electrons. The molecule has 0 aliphatic rings. The molecule has 0 bridgehead atoms. The Hall–Kier alpha value is -3.07. The lowest BCUT2D eigenvalue weighted by Gasteiger charge is -2.15. The summed E-state index contributed by atoms with van der Waals surface area (Å²) in [6.07, 6.45) is 2.82. The third kappa shape index (κ3) is 2.09. The number of nitrogen functional groups attached to an aromatic ring is 2. The van der Waals surface area contributed by atoms with Crippen molar-refractivity contribution in [3.05, 3.63) is 66.4 Å². The summed E-state index contributed by atoms with van der Waals surface area (Å²) in [4.78, 5) is 4.64. The van der Waals surface area contributed by atoms with E-state index in [0.717, 1.165) is 45.2 Å². The summed E-state index contributed by atoms with van der Waals surface area (Å²) in [5.41, 5.74) is 18.4. The van der Waals surface area contributed by atoms with Gasteiger partial charge in [-0.3, -0.25) is 4.98 Å². The number of pyridine rings is 1. The lowest BCUT2D eigenvalue weighted by atomic mass is 9.92. The van der Waals surface area contributed by atoms with E-state index in [2.05, 4.69) is 30.1 Å². The van der Waals surface area contributed by atoms with Crippen molar-refractivity contribution in [2.75, 3.05) is 11.5 Å². The summed E-state index contributed by atoms with van der Waals surface area (Å²) in [6.45, 7) is 2.16. The highest BCUT2D eigenvalue weighted by Crippen LogP contribution is 2.38. The molecule has 3 aromatic carbocycles. The van der Waals surface area contributed by atoms with Crippen LogP contribution in [-0.2, 0) is 6.42 Å². The fourth-order valence-electron chi connectivity index (χ4n) is 3.42. The number of aryl methyl sites for hydroxylation is 1. The van der Waals surface area contributed by atoms with Gasteiger partial charge in [-0.05, 0) is 41.1 Å². The number of hydrogen-bond acceptors (Lipinski definition) is 3. The highest BCUT2D eigenvalue weighted by atomic mass is 14.7. The zero-order valence-electron chi connectivity index (χ0n) is 13.6. The van der Waals surface area contributed by atoms with E-state index in [1.54, 1.807) is 0 Å². The average Bonchev–Trinajstić information content (AvgIpc) is 2.62. The van der Waals surface area contributed by atoms with E-state index < -0.39 is 0 Å². The lowest BCUT2D eigenvalue weighted by molar-refractivity contribution is 1.16. The van der Waals surface area contributed by atoms with Crippen LogP contribution in [0.15, 0.2) is 60.8 Å². The minimum atomic E-state index is 0.757. The van der Waals surface area contributed by atoms with Crippen LogP contribution in [0, 0.1) is 0 Å². The number of benzene rings is 3. The van der Waals surface area contributed by atoms with E-state index >= 15 is 0 Å². The molecule has 0 amide bonds. The van der Waals surface area contributed by atoms with Gasteiger partial charge < -0.3 is 11.5 Å². The molecule has 0 saturated carbocycles. The van der Waals surface area contributed by atoms with E-state index in [9.17, 15) is 0 Å². The maximum absolute atomic E-state index is 6.24. The first-order valence-electron chi connectivity index (χ1n) is 8.14. The third-order valence-electron chi connectivity index (χ3n) is 4.62. The fraction of sp³-hybridized carbons (Fsp3) is 0.0952. The standard InChI is InChI=1S/C21H19N3/c1-2-13-10-11-18(23)16-12-24-19-9-5-7-15(21(19)20(13)16)14-6-3-4-8-17(14)22/h3-12H,2,22-23H2,1H3. The molecule has 0 fully saturated rings. The zero-order chi connectivity index (χ0) is 16.7. The van der Waals surface area contributed by atoms with Crippen LogP contribution in [0.1, 0.15) is 12.5 Å². The monoisotopic (exact) mass is 313 g/mol. The Morgan fingerprint density at radius 1 is 0.792 bits per heavy atom. The van der Waals surface area contributed by atoms with Gasteiger partial charge in [-0.15, -0.1) is 0 Å². The maximum atomic E-state index is 6.24. The summed E-state index contributed by atoms with van der Waals surface area (Å²) < 4.78 is 0. The minimum Gasteiger partial charge on any atom is -0.398 e. The molecule has 4 rings (SSSR count). The quantitative estimate of drug-likeness (QED) is 0.413. The van der Waals surface area contributed by atoms with Crippen LogP contribution in [0.5, 0.6) is 0 Å². The topological polar surface area (TPSA) is 64.9 Å². The Labute approximate surface area is 140 Å². The van der Waals surface area contributed by atoms with Crippen molar-refractivity contribution in [1.82, 2.24) is 4.98 Å². The fourth-order valence-corrected chi connectivity index (χ4v) is 3.42. The molecule has 1 heterocycles. The van der Waals surface area contributed by atoms with Gasteiger partial charge in [0.2, 0.25) is 0 Å². The first-order chi connectivity index (χ1) is 11.7. The van der Waals surface area contributed by atoms with Crippen molar-refractivity contribution in [2.45, 2.75) is 13.3 Å². The number of fused-ring (bicyclic) bond motifs is 3.